The van der Waals surface area contributed by atoms with Gasteiger partial charge < -0.3 is 24.1 Å². The summed E-state index contributed by atoms with van der Waals surface area (Å²) in [4.78, 5) is 17.4. The minimum Gasteiger partial charge on any atom is -0.504 e. The highest BCUT2D eigenvalue weighted by atomic mass is 16.5. The van der Waals surface area contributed by atoms with Gasteiger partial charge in [-0.1, -0.05) is 6.07 Å². The third-order valence-corrected chi connectivity index (χ3v) is 4.18. The maximum absolute atomic E-state index is 13.0. The van der Waals surface area contributed by atoms with Crippen molar-refractivity contribution in [2.24, 2.45) is 0 Å². The lowest BCUT2D eigenvalue weighted by Crippen LogP contribution is -2.07. The molecule has 0 aliphatic carbocycles. The molecule has 7 nitrogen and oxygen atoms in total. The Hall–Kier alpha value is -3.48. The summed E-state index contributed by atoms with van der Waals surface area (Å²) < 4.78 is 20.8. The zero-order chi connectivity index (χ0) is 19.6. The Morgan fingerprint density at radius 1 is 0.889 bits per heavy atom. The third-order valence-electron chi connectivity index (χ3n) is 4.18. The number of fused-ring (bicyclic) bond motifs is 1. The van der Waals surface area contributed by atoms with E-state index in [2.05, 4.69) is 4.98 Å². The lowest BCUT2D eigenvalue weighted by atomic mass is 10.0. The Balaban J connectivity index is 2.11. The number of phenols is 1. The normalized spacial score (nSPS) is 10.5. The molecule has 0 amide bonds. The van der Waals surface area contributed by atoms with Crippen molar-refractivity contribution in [2.75, 3.05) is 28.4 Å². The van der Waals surface area contributed by atoms with E-state index in [0.717, 1.165) is 5.39 Å². The molecule has 140 valence electrons. The fourth-order valence-corrected chi connectivity index (χ4v) is 2.81. The number of pyridine rings is 1. The number of phenolic OH excluding ortho intramolecular Hbond substituents is 1. The molecule has 1 N–H and O–H groups in total. The number of hydrogen-bond acceptors (Lipinski definition) is 7. The van der Waals surface area contributed by atoms with Crippen LogP contribution in [-0.2, 0) is 0 Å². The van der Waals surface area contributed by atoms with E-state index in [-0.39, 0.29) is 34.3 Å². The topological polar surface area (TPSA) is 87.1 Å². The Bertz CT molecular complexity index is 1020. The SMILES string of the molecule is COc1ccc2nc(C(=O)c3cc(OC)c(OC)c(OC)c3O)ccc2c1. The predicted molar refractivity (Wildman–Crippen MR) is 99.5 cm³/mol. The largest absolute Gasteiger partial charge is 0.504 e. The Morgan fingerprint density at radius 2 is 1.63 bits per heavy atom. The highest BCUT2D eigenvalue weighted by Crippen LogP contribution is 2.46. The average molecular weight is 369 g/mol. The van der Waals surface area contributed by atoms with Crippen LogP contribution in [0.2, 0.25) is 0 Å². The van der Waals surface area contributed by atoms with Gasteiger partial charge in [0, 0.05) is 5.39 Å². The zero-order valence-corrected chi connectivity index (χ0v) is 15.4. The van der Waals surface area contributed by atoms with E-state index < -0.39 is 5.78 Å². The van der Waals surface area contributed by atoms with Gasteiger partial charge in [-0.15, -0.1) is 0 Å². The molecule has 1 heterocycles. The number of rotatable bonds is 6. The molecule has 0 bridgehead atoms. The molecule has 7 heteroatoms. The van der Waals surface area contributed by atoms with Crippen molar-refractivity contribution in [3.05, 3.63) is 47.7 Å². The smallest absolute Gasteiger partial charge is 0.215 e. The van der Waals surface area contributed by atoms with Crippen LogP contribution in [0.4, 0.5) is 0 Å². The van der Waals surface area contributed by atoms with E-state index in [1.807, 2.05) is 6.07 Å². The van der Waals surface area contributed by atoms with Crippen LogP contribution in [0.3, 0.4) is 0 Å². The predicted octanol–water partition coefficient (Wildman–Crippen LogP) is 3.21. The van der Waals surface area contributed by atoms with Crippen LogP contribution >= 0.6 is 0 Å². The van der Waals surface area contributed by atoms with E-state index >= 15 is 0 Å². The van der Waals surface area contributed by atoms with Crippen LogP contribution in [-0.4, -0.2) is 44.3 Å². The Kier molecular flexibility index (Phi) is 5.03. The second-order valence-electron chi connectivity index (χ2n) is 5.63. The lowest BCUT2D eigenvalue weighted by Gasteiger charge is -2.15. The highest BCUT2D eigenvalue weighted by Gasteiger charge is 2.25. The second kappa shape index (κ2) is 7.41. The van der Waals surface area contributed by atoms with Gasteiger partial charge in [-0.05, 0) is 30.3 Å². The molecule has 0 saturated heterocycles. The van der Waals surface area contributed by atoms with Crippen molar-refractivity contribution in [3.8, 4) is 28.7 Å². The average Bonchev–Trinajstić information content (AvgIpc) is 2.71. The van der Waals surface area contributed by atoms with Gasteiger partial charge in [0.05, 0.1) is 39.5 Å². The third kappa shape index (κ3) is 3.19. The lowest BCUT2D eigenvalue weighted by molar-refractivity contribution is 0.103. The number of aromatic nitrogens is 1. The van der Waals surface area contributed by atoms with Gasteiger partial charge in [-0.2, -0.15) is 0 Å². The molecule has 0 unspecified atom stereocenters. The summed E-state index contributed by atoms with van der Waals surface area (Å²) in [6, 6.07) is 10.1. The number of aromatic hydroxyl groups is 1. The van der Waals surface area contributed by atoms with Crippen molar-refractivity contribution >= 4 is 16.7 Å². The van der Waals surface area contributed by atoms with Crippen molar-refractivity contribution < 1.29 is 28.8 Å². The van der Waals surface area contributed by atoms with Crippen molar-refractivity contribution in [1.29, 1.82) is 0 Å². The summed E-state index contributed by atoms with van der Waals surface area (Å²) in [7, 11) is 5.80. The second-order valence-corrected chi connectivity index (χ2v) is 5.63. The molecule has 0 radical (unpaired) electrons. The summed E-state index contributed by atoms with van der Waals surface area (Å²) in [5, 5.41) is 11.3. The molecular weight excluding hydrogens is 350 g/mol. The first-order valence-electron chi connectivity index (χ1n) is 8.05. The zero-order valence-electron chi connectivity index (χ0n) is 15.4. The molecule has 0 saturated carbocycles. The number of nitrogens with zero attached hydrogens (tertiary/aromatic N) is 1. The molecule has 27 heavy (non-hydrogen) atoms. The molecule has 3 aromatic rings. The summed E-state index contributed by atoms with van der Waals surface area (Å²) >= 11 is 0. The van der Waals surface area contributed by atoms with Crippen LogP contribution in [0.15, 0.2) is 36.4 Å². The maximum atomic E-state index is 13.0. The molecule has 2 aromatic carbocycles. The van der Waals surface area contributed by atoms with Gasteiger partial charge in [0.2, 0.25) is 17.3 Å². The van der Waals surface area contributed by atoms with Gasteiger partial charge in [0.1, 0.15) is 11.4 Å². The summed E-state index contributed by atoms with van der Waals surface area (Å²) in [6.07, 6.45) is 0. The number of carbonyl (C=O) groups excluding carboxylic acids is 1. The highest BCUT2D eigenvalue weighted by molar-refractivity contribution is 6.11. The van der Waals surface area contributed by atoms with E-state index in [4.69, 9.17) is 18.9 Å². The van der Waals surface area contributed by atoms with Crippen molar-refractivity contribution in [1.82, 2.24) is 4.98 Å². The van der Waals surface area contributed by atoms with Crippen LogP contribution in [0.25, 0.3) is 10.9 Å². The number of ether oxygens (including phenoxy) is 4. The van der Waals surface area contributed by atoms with Gasteiger partial charge in [-0.3, -0.25) is 4.79 Å². The summed E-state index contributed by atoms with van der Waals surface area (Å²) in [5.74, 6) is 0.381. The Labute approximate surface area is 156 Å². The van der Waals surface area contributed by atoms with E-state index in [1.165, 1.54) is 27.4 Å². The first kappa shape index (κ1) is 18.3. The first-order valence-corrected chi connectivity index (χ1v) is 8.05. The van der Waals surface area contributed by atoms with Gasteiger partial charge in [0.15, 0.2) is 11.5 Å². The van der Waals surface area contributed by atoms with Gasteiger partial charge >= 0.3 is 0 Å². The molecule has 0 aliphatic heterocycles. The number of methoxy groups -OCH3 is 4. The molecule has 0 atom stereocenters. The molecule has 0 spiro atoms. The van der Waals surface area contributed by atoms with E-state index in [9.17, 15) is 9.90 Å². The minimum absolute atomic E-state index is 0.00450. The monoisotopic (exact) mass is 369 g/mol. The molecule has 1 aromatic heterocycles. The van der Waals surface area contributed by atoms with Crippen molar-refractivity contribution in [3.63, 3.8) is 0 Å². The maximum Gasteiger partial charge on any atom is 0.215 e. The van der Waals surface area contributed by atoms with Crippen LogP contribution < -0.4 is 18.9 Å². The number of carbonyl (C=O) groups is 1. The van der Waals surface area contributed by atoms with Crippen molar-refractivity contribution in [2.45, 2.75) is 0 Å². The molecule has 3 rings (SSSR count). The summed E-state index contributed by atoms with van der Waals surface area (Å²) in [6.45, 7) is 0. The van der Waals surface area contributed by atoms with E-state index in [0.29, 0.717) is 11.3 Å². The number of benzene rings is 2. The van der Waals surface area contributed by atoms with Gasteiger partial charge in [0.25, 0.3) is 0 Å². The van der Waals surface area contributed by atoms with Crippen LogP contribution in [0.5, 0.6) is 28.7 Å². The molecule has 0 aliphatic rings. The van der Waals surface area contributed by atoms with Crippen LogP contribution in [0, 0.1) is 0 Å². The number of ketones is 1. The summed E-state index contributed by atoms with van der Waals surface area (Å²) in [5.41, 5.74) is 0.815. The van der Waals surface area contributed by atoms with Crippen LogP contribution in [0.1, 0.15) is 16.1 Å². The fraction of sp³-hybridized carbons (Fsp3) is 0.200. The van der Waals surface area contributed by atoms with Gasteiger partial charge in [-0.25, -0.2) is 4.98 Å². The van der Waals surface area contributed by atoms with E-state index in [1.54, 1.807) is 31.4 Å². The standard InChI is InChI=1S/C20H19NO6/c1-24-12-6-8-14-11(9-12)5-7-15(21-14)17(22)13-10-16(25-2)19(26-3)20(27-4)18(13)23/h5-10,23H,1-4H3. The quantitative estimate of drug-likeness (QED) is 0.668. The first-order chi connectivity index (χ1) is 13.0. The molecular formula is C20H19NO6. The number of hydrogen-bond donors (Lipinski definition) is 1. The fourth-order valence-electron chi connectivity index (χ4n) is 2.81. The Morgan fingerprint density at radius 3 is 2.26 bits per heavy atom. The minimum atomic E-state index is -0.468. The molecule has 0 fully saturated rings.